The quantitative estimate of drug-likeness (QED) is 0.672. The highest BCUT2D eigenvalue weighted by atomic mass is 16.5. The Morgan fingerprint density at radius 2 is 1.80 bits per heavy atom. The molecule has 0 saturated heterocycles. The van der Waals surface area contributed by atoms with Crippen molar-refractivity contribution in [2.75, 3.05) is 7.11 Å². The Morgan fingerprint density at radius 1 is 1.27 bits per heavy atom. The van der Waals surface area contributed by atoms with E-state index in [1.807, 2.05) is 13.8 Å². The third-order valence-corrected chi connectivity index (χ3v) is 3.32. The molecule has 0 amide bonds. The zero-order valence-electron chi connectivity index (χ0n) is 9.84. The van der Waals surface area contributed by atoms with Gasteiger partial charge in [0.15, 0.2) is 0 Å². The molecule has 0 atom stereocenters. The van der Waals surface area contributed by atoms with Gasteiger partial charge in [0.1, 0.15) is 5.78 Å². The van der Waals surface area contributed by atoms with Crippen molar-refractivity contribution in [2.24, 2.45) is 11.3 Å². The maximum absolute atomic E-state index is 12.1. The summed E-state index contributed by atoms with van der Waals surface area (Å²) in [6.45, 7) is 3.80. The number of carbonyl (C=O) groups excluding carboxylic acids is 2. The Morgan fingerprint density at radius 3 is 2.20 bits per heavy atom. The van der Waals surface area contributed by atoms with E-state index in [2.05, 4.69) is 4.74 Å². The van der Waals surface area contributed by atoms with Gasteiger partial charge in [0.25, 0.3) is 0 Å². The lowest BCUT2D eigenvalue weighted by Crippen LogP contribution is -2.34. The summed E-state index contributed by atoms with van der Waals surface area (Å²) in [7, 11) is 1.38. The van der Waals surface area contributed by atoms with Crippen LogP contribution in [-0.4, -0.2) is 18.9 Å². The van der Waals surface area contributed by atoms with Crippen molar-refractivity contribution >= 4 is 11.8 Å². The molecular weight excluding hydrogens is 192 g/mol. The molecule has 1 fully saturated rings. The molecule has 1 saturated carbocycles. The second-order valence-corrected chi connectivity index (χ2v) is 4.76. The molecule has 0 heterocycles. The summed E-state index contributed by atoms with van der Waals surface area (Å²) >= 11 is 0. The summed E-state index contributed by atoms with van der Waals surface area (Å²) in [6, 6.07) is 0. The van der Waals surface area contributed by atoms with E-state index in [4.69, 9.17) is 0 Å². The van der Waals surface area contributed by atoms with Crippen LogP contribution in [0.2, 0.25) is 0 Å². The van der Waals surface area contributed by atoms with Crippen LogP contribution in [0.5, 0.6) is 0 Å². The molecule has 3 heteroatoms. The SMILES string of the molecule is COC(=O)CC1(C(=O)C(C)C)CCCC1. The Bertz CT molecular complexity index is 250. The van der Waals surface area contributed by atoms with E-state index in [1.54, 1.807) is 0 Å². The Balaban J connectivity index is 2.79. The standard InChI is InChI=1S/C12H20O3/c1-9(2)11(14)12(6-4-5-7-12)8-10(13)15-3/h9H,4-8H2,1-3H3. The van der Waals surface area contributed by atoms with Crippen LogP contribution in [0.25, 0.3) is 0 Å². The van der Waals surface area contributed by atoms with Crippen molar-refractivity contribution in [1.29, 1.82) is 0 Å². The first-order chi connectivity index (χ1) is 7.02. The molecule has 3 nitrogen and oxygen atoms in total. The average Bonchev–Trinajstić information content (AvgIpc) is 2.66. The Hall–Kier alpha value is -0.860. The number of ketones is 1. The molecular formula is C12H20O3. The lowest BCUT2D eigenvalue weighted by Gasteiger charge is -2.27. The monoisotopic (exact) mass is 212 g/mol. The molecule has 0 radical (unpaired) electrons. The van der Waals surface area contributed by atoms with Gasteiger partial charge in [-0.1, -0.05) is 26.7 Å². The van der Waals surface area contributed by atoms with E-state index in [0.717, 1.165) is 25.7 Å². The van der Waals surface area contributed by atoms with Gasteiger partial charge in [-0.3, -0.25) is 9.59 Å². The summed E-state index contributed by atoms with van der Waals surface area (Å²) in [5.41, 5.74) is -0.415. The highest BCUT2D eigenvalue weighted by Gasteiger charge is 2.43. The normalized spacial score (nSPS) is 19.2. The van der Waals surface area contributed by atoms with E-state index < -0.39 is 5.41 Å². The summed E-state index contributed by atoms with van der Waals surface area (Å²) in [5.74, 6) is -0.0240. The van der Waals surface area contributed by atoms with Crippen LogP contribution in [0.4, 0.5) is 0 Å². The smallest absolute Gasteiger partial charge is 0.306 e. The number of carbonyl (C=O) groups is 2. The molecule has 0 aliphatic heterocycles. The number of ether oxygens (including phenoxy) is 1. The largest absolute Gasteiger partial charge is 0.469 e. The van der Waals surface area contributed by atoms with Gasteiger partial charge in [-0.25, -0.2) is 0 Å². The fraction of sp³-hybridized carbons (Fsp3) is 0.833. The van der Waals surface area contributed by atoms with Gasteiger partial charge < -0.3 is 4.74 Å². The van der Waals surface area contributed by atoms with Crippen molar-refractivity contribution in [3.63, 3.8) is 0 Å². The molecule has 86 valence electrons. The van der Waals surface area contributed by atoms with Crippen LogP contribution in [0, 0.1) is 11.3 Å². The highest BCUT2D eigenvalue weighted by molar-refractivity contribution is 5.90. The number of hydrogen-bond donors (Lipinski definition) is 0. The van der Waals surface area contributed by atoms with Crippen molar-refractivity contribution in [3.05, 3.63) is 0 Å². The van der Waals surface area contributed by atoms with Crippen LogP contribution in [0.1, 0.15) is 46.0 Å². The first-order valence-electron chi connectivity index (χ1n) is 5.63. The number of esters is 1. The second kappa shape index (κ2) is 4.77. The fourth-order valence-corrected chi connectivity index (χ4v) is 2.52. The Kier molecular flexibility index (Phi) is 3.89. The van der Waals surface area contributed by atoms with Gasteiger partial charge in [0, 0.05) is 11.3 Å². The van der Waals surface area contributed by atoms with E-state index in [1.165, 1.54) is 7.11 Å². The minimum Gasteiger partial charge on any atom is -0.469 e. The van der Waals surface area contributed by atoms with Gasteiger partial charge in [0.2, 0.25) is 0 Å². The van der Waals surface area contributed by atoms with Gasteiger partial charge in [-0.2, -0.15) is 0 Å². The van der Waals surface area contributed by atoms with E-state index in [9.17, 15) is 9.59 Å². The summed E-state index contributed by atoms with van der Waals surface area (Å²) in [5, 5.41) is 0. The number of rotatable bonds is 4. The molecule has 1 aliphatic rings. The third kappa shape index (κ3) is 2.58. The lowest BCUT2D eigenvalue weighted by molar-refractivity contribution is -0.148. The predicted octanol–water partition coefficient (Wildman–Crippen LogP) is 2.33. The zero-order chi connectivity index (χ0) is 11.5. The number of Topliss-reactive ketones (excluding diaryl/α,β-unsaturated/α-hetero) is 1. The number of hydrogen-bond acceptors (Lipinski definition) is 3. The number of methoxy groups -OCH3 is 1. The predicted molar refractivity (Wildman–Crippen MR) is 57.4 cm³/mol. The van der Waals surface area contributed by atoms with Crippen LogP contribution < -0.4 is 0 Å². The van der Waals surface area contributed by atoms with Crippen molar-refractivity contribution < 1.29 is 14.3 Å². The summed E-state index contributed by atoms with van der Waals surface area (Å²) in [4.78, 5) is 23.4. The molecule has 0 unspecified atom stereocenters. The average molecular weight is 212 g/mol. The molecule has 1 aliphatic carbocycles. The van der Waals surface area contributed by atoms with Gasteiger partial charge in [0.05, 0.1) is 13.5 Å². The van der Waals surface area contributed by atoms with Crippen LogP contribution in [0.15, 0.2) is 0 Å². The molecule has 0 N–H and O–H groups in total. The van der Waals surface area contributed by atoms with Gasteiger partial charge in [-0.05, 0) is 12.8 Å². The molecule has 0 aromatic rings. The maximum atomic E-state index is 12.1. The minimum atomic E-state index is -0.415. The molecule has 0 bridgehead atoms. The van der Waals surface area contributed by atoms with E-state index in [-0.39, 0.29) is 24.1 Å². The molecule has 1 rings (SSSR count). The van der Waals surface area contributed by atoms with E-state index in [0.29, 0.717) is 0 Å². The van der Waals surface area contributed by atoms with Gasteiger partial charge in [-0.15, -0.1) is 0 Å². The lowest BCUT2D eigenvalue weighted by atomic mass is 9.75. The van der Waals surface area contributed by atoms with Crippen LogP contribution in [-0.2, 0) is 14.3 Å². The first kappa shape index (κ1) is 12.2. The van der Waals surface area contributed by atoms with E-state index >= 15 is 0 Å². The van der Waals surface area contributed by atoms with Crippen molar-refractivity contribution in [1.82, 2.24) is 0 Å². The molecule has 0 aromatic heterocycles. The van der Waals surface area contributed by atoms with Gasteiger partial charge >= 0.3 is 5.97 Å². The van der Waals surface area contributed by atoms with Crippen LogP contribution in [0.3, 0.4) is 0 Å². The Labute approximate surface area is 91.2 Å². The topological polar surface area (TPSA) is 43.4 Å². The summed E-state index contributed by atoms with van der Waals surface area (Å²) in [6.07, 6.45) is 4.06. The molecule has 0 spiro atoms. The minimum absolute atomic E-state index is 0.00718. The zero-order valence-corrected chi connectivity index (χ0v) is 9.84. The highest BCUT2D eigenvalue weighted by Crippen LogP contribution is 2.43. The fourth-order valence-electron chi connectivity index (χ4n) is 2.52. The second-order valence-electron chi connectivity index (χ2n) is 4.76. The van der Waals surface area contributed by atoms with Crippen molar-refractivity contribution in [3.8, 4) is 0 Å². The molecule has 0 aromatic carbocycles. The third-order valence-electron chi connectivity index (χ3n) is 3.32. The summed E-state index contributed by atoms with van der Waals surface area (Å²) < 4.78 is 4.68. The van der Waals surface area contributed by atoms with Crippen LogP contribution >= 0.6 is 0 Å². The maximum Gasteiger partial charge on any atom is 0.306 e. The first-order valence-corrected chi connectivity index (χ1v) is 5.63. The molecule has 15 heavy (non-hydrogen) atoms. The van der Waals surface area contributed by atoms with Crippen molar-refractivity contribution in [2.45, 2.75) is 46.0 Å².